The van der Waals surface area contributed by atoms with Crippen LogP contribution in [0.25, 0.3) is 10.4 Å². The molecule has 1 aromatic rings. The van der Waals surface area contributed by atoms with E-state index in [0.717, 1.165) is 5.56 Å². The molecular formula is C13H10N4O2. The fraction of sp³-hybridized carbons (Fsp3) is 0.231. The molecule has 0 saturated carbocycles. The van der Waals surface area contributed by atoms with E-state index in [-0.39, 0.29) is 6.54 Å². The van der Waals surface area contributed by atoms with Gasteiger partial charge >= 0.3 is 0 Å². The van der Waals surface area contributed by atoms with Gasteiger partial charge in [0.2, 0.25) is 0 Å². The maximum atomic E-state index is 11.8. The second-order valence-electron chi connectivity index (χ2n) is 3.97. The molecule has 1 amide bonds. The van der Waals surface area contributed by atoms with Crippen molar-refractivity contribution in [2.24, 2.45) is 5.11 Å². The normalized spacial score (nSPS) is 12.1. The third-order valence-electron chi connectivity index (χ3n) is 2.71. The molecule has 0 saturated heterocycles. The number of amides is 1. The number of rotatable bonds is 2. The Morgan fingerprint density at radius 2 is 2.21 bits per heavy atom. The summed E-state index contributed by atoms with van der Waals surface area (Å²) < 4.78 is 0. The molecule has 1 aliphatic heterocycles. The molecule has 0 unspecified atom stereocenters. The Balaban J connectivity index is 2.36. The van der Waals surface area contributed by atoms with Crippen LogP contribution in [0, 0.1) is 18.8 Å². The van der Waals surface area contributed by atoms with Gasteiger partial charge in [0.25, 0.3) is 11.7 Å². The first-order valence-corrected chi connectivity index (χ1v) is 5.64. The molecule has 0 spiro atoms. The number of anilines is 1. The average Bonchev–Trinajstić information content (AvgIpc) is 2.68. The van der Waals surface area contributed by atoms with Crippen LogP contribution >= 0.6 is 0 Å². The number of hydrogen-bond acceptors (Lipinski definition) is 3. The Hall–Kier alpha value is -2.77. The smallest absolute Gasteiger partial charge is 0.296 e. The number of carbonyl (C=O) groups is 2. The standard InChI is InChI=1S/C13H10N4O2/c1-8-5-6-10-11(12(18)13(19)16-10)9(8)4-2-3-7-15-17-14/h5-6H,3,7H2,1H3,(H,16,18,19). The van der Waals surface area contributed by atoms with E-state index in [0.29, 0.717) is 23.2 Å². The molecule has 0 radical (unpaired) electrons. The molecular weight excluding hydrogens is 244 g/mol. The molecule has 0 bridgehead atoms. The van der Waals surface area contributed by atoms with E-state index in [1.165, 1.54) is 0 Å². The summed E-state index contributed by atoms with van der Waals surface area (Å²) in [5, 5.41) is 5.87. The lowest BCUT2D eigenvalue weighted by Gasteiger charge is -2.03. The predicted molar refractivity (Wildman–Crippen MR) is 69.6 cm³/mol. The average molecular weight is 254 g/mol. The minimum atomic E-state index is -0.627. The third-order valence-corrected chi connectivity index (χ3v) is 2.71. The van der Waals surface area contributed by atoms with Gasteiger partial charge in [-0.05, 0) is 24.1 Å². The zero-order valence-electron chi connectivity index (χ0n) is 10.2. The quantitative estimate of drug-likeness (QED) is 0.219. The molecule has 0 fully saturated rings. The van der Waals surface area contributed by atoms with Gasteiger partial charge in [0.15, 0.2) is 0 Å². The van der Waals surface area contributed by atoms with E-state index in [9.17, 15) is 9.59 Å². The van der Waals surface area contributed by atoms with Gasteiger partial charge in [-0.2, -0.15) is 0 Å². The Morgan fingerprint density at radius 1 is 1.42 bits per heavy atom. The van der Waals surface area contributed by atoms with Crippen LogP contribution in [0.5, 0.6) is 0 Å². The predicted octanol–water partition coefficient (Wildman–Crippen LogP) is 2.18. The van der Waals surface area contributed by atoms with Gasteiger partial charge in [-0.15, -0.1) is 0 Å². The lowest BCUT2D eigenvalue weighted by atomic mass is 9.99. The van der Waals surface area contributed by atoms with Crippen LogP contribution in [0.4, 0.5) is 5.69 Å². The van der Waals surface area contributed by atoms with E-state index >= 15 is 0 Å². The molecule has 1 aliphatic rings. The highest BCUT2D eigenvalue weighted by atomic mass is 16.2. The molecule has 6 nitrogen and oxygen atoms in total. The number of Topliss-reactive ketones (excluding diaryl/α,β-unsaturated/α-hetero) is 1. The van der Waals surface area contributed by atoms with Crippen molar-refractivity contribution in [3.05, 3.63) is 39.3 Å². The lowest BCUT2D eigenvalue weighted by Crippen LogP contribution is -2.13. The Kier molecular flexibility index (Phi) is 3.51. The van der Waals surface area contributed by atoms with E-state index in [4.69, 9.17) is 5.53 Å². The van der Waals surface area contributed by atoms with Gasteiger partial charge in [0, 0.05) is 23.4 Å². The van der Waals surface area contributed by atoms with Crippen molar-refractivity contribution >= 4 is 17.4 Å². The highest BCUT2D eigenvalue weighted by molar-refractivity contribution is 6.52. The number of nitrogens with zero attached hydrogens (tertiary/aromatic N) is 3. The molecule has 0 aliphatic carbocycles. The number of nitrogens with one attached hydrogen (secondary N) is 1. The molecule has 2 rings (SSSR count). The number of ketones is 1. The van der Waals surface area contributed by atoms with Crippen LogP contribution in [0.2, 0.25) is 0 Å². The first-order valence-electron chi connectivity index (χ1n) is 5.64. The number of azide groups is 1. The topological polar surface area (TPSA) is 94.9 Å². The van der Waals surface area contributed by atoms with Crippen molar-refractivity contribution in [1.82, 2.24) is 0 Å². The van der Waals surface area contributed by atoms with E-state index in [1.54, 1.807) is 12.1 Å². The van der Waals surface area contributed by atoms with E-state index in [1.807, 2.05) is 6.92 Å². The summed E-state index contributed by atoms with van der Waals surface area (Å²) >= 11 is 0. The number of aryl methyl sites for hydroxylation is 1. The lowest BCUT2D eigenvalue weighted by molar-refractivity contribution is -0.112. The van der Waals surface area contributed by atoms with Crippen molar-refractivity contribution in [2.45, 2.75) is 13.3 Å². The van der Waals surface area contributed by atoms with Crippen molar-refractivity contribution in [1.29, 1.82) is 0 Å². The molecule has 1 aromatic carbocycles. The summed E-state index contributed by atoms with van der Waals surface area (Å²) in [4.78, 5) is 25.7. The summed E-state index contributed by atoms with van der Waals surface area (Å²) in [5.41, 5.74) is 10.4. The SMILES string of the molecule is Cc1ccc2c(c1C#CCCN=[N+]=[N-])C(=O)C(=O)N2. The molecule has 19 heavy (non-hydrogen) atoms. The summed E-state index contributed by atoms with van der Waals surface area (Å²) in [6.07, 6.45) is 0.405. The van der Waals surface area contributed by atoms with Crippen LogP contribution in [-0.2, 0) is 4.79 Å². The number of carbonyl (C=O) groups excluding carboxylic acids is 2. The Morgan fingerprint density at radius 3 is 2.95 bits per heavy atom. The van der Waals surface area contributed by atoms with E-state index < -0.39 is 11.7 Å². The Bertz CT molecular complexity index is 676. The van der Waals surface area contributed by atoms with Gasteiger partial charge in [-0.25, -0.2) is 0 Å². The zero-order valence-corrected chi connectivity index (χ0v) is 10.2. The van der Waals surface area contributed by atoms with Gasteiger partial charge < -0.3 is 5.32 Å². The van der Waals surface area contributed by atoms with Gasteiger partial charge in [-0.3, -0.25) is 9.59 Å². The number of fused-ring (bicyclic) bond motifs is 1. The van der Waals surface area contributed by atoms with Crippen LogP contribution in [0.1, 0.15) is 27.9 Å². The zero-order chi connectivity index (χ0) is 13.8. The van der Waals surface area contributed by atoms with Gasteiger partial charge in [0.05, 0.1) is 11.3 Å². The van der Waals surface area contributed by atoms with Crippen LogP contribution in [0.15, 0.2) is 17.2 Å². The number of benzene rings is 1. The molecule has 1 heterocycles. The first-order chi connectivity index (χ1) is 9.15. The minimum absolute atomic E-state index is 0.280. The minimum Gasteiger partial charge on any atom is -0.318 e. The fourth-order valence-electron chi connectivity index (χ4n) is 1.80. The molecule has 1 N–H and O–H groups in total. The fourth-order valence-corrected chi connectivity index (χ4v) is 1.80. The summed E-state index contributed by atoms with van der Waals surface area (Å²) in [7, 11) is 0. The Labute approximate surface area is 109 Å². The highest BCUT2D eigenvalue weighted by Gasteiger charge is 2.30. The maximum Gasteiger partial charge on any atom is 0.296 e. The van der Waals surface area contributed by atoms with Crippen LogP contribution in [0.3, 0.4) is 0 Å². The van der Waals surface area contributed by atoms with Crippen LogP contribution in [-0.4, -0.2) is 18.2 Å². The summed E-state index contributed by atoms with van der Waals surface area (Å²) in [5.74, 6) is 4.53. The maximum absolute atomic E-state index is 11.8. The summed E-state index contributed by atoms with van der Waals surface area (Å²) in [6, 6.07) is 3.49. The first kappa shape index (κ1) is 12.7. The third kappa shape index (κ3) is 2.41. The molecule has 0 atom stereocenters. The highest BCUT2D eigenvalue weighted by Crippen LogP contribution is 2.28. The second kappa shape index (κ2) is 5.25. The molecule has 0 aromatic heterocycles. The van der Waals surface area contributed by atoms with Crippen molar-refractivity contribution in [3.63, 3.8) is 0 Å². The van der Waals surface area contributed by atoms with Crippen molar-refractivity contribution in [2.75, 3.05) is 11.9 Å². The largest absolute Gasteiger partial charge is 0.318 e. The van der Waals surface area contributed by atoms with Gasteiger partial charge in [0.1, 0.15) is 0 Å². The summed E-state index contributed by atoms with van der Waals surface area (Å²) in [6.45, 7) is 2.11. The van der Waals surface area contributed by atoms with E-state index in [2.05, 4.69) is 27.2 Å². The molecule has 6 heteroatoms. The number of hydrogen-bond donors (Lipinski definition) is 1. The van der Waals surface area contributed by atoms with Crippen LogP contribution < -0.4 is 5.32 Å². The second-order valence-corrected chi connectivity index (χ2v) is 3.97. The monoisotopic (exact) mass is 254 g/mol. The molecule has 94 valence electrons. The van der Waals surface area contributed by atoms with Gasteiger partial charge in [-0.1, -0.05) is 23.0 Å². The van der Waals surface area contributed by atoms with Crippen molar-refractivity contribution < 1.29 is 9.59 Å². The van der Waals surface area contributed by atoms with Crippen molar-refractivity contribution in [3.8, 4) is 11.8 Å².